The molecule has 0 aromatic heterocycles. The molecule has 114 valence electrons. The summed E-state index contributed by atoms with van der Waals surface area (Å²) in [5.41, 5.74) is 1.76. The van der Waals surface area contributed by atoms with Gasteiger partial charge in [0.2, 0.25) is 0 Å². The number of carbonyl (C=O) groups excluding carboxylic acids is 1. The molecule has 1 aromatic carbocycles. The molecule has 3 N–H and O–H groups in total. The van der Waals surface area contributed by atoms with Crippen molar-refractivity contribution in [2.45, 2.75) is 26.3 Å². The van der Waals surface area contributed by atoms with Gasteiger partial charge in [-0.15, -0.1) is 0 Å². The molecule has 1 fully saturated rings. The summed E-state index contributed by atoms with van der Waals surface area (Å²) in [5, 5.41) is 9.23. The maximum atomic E-state index is 11.5. The average molecular weight is 288 g/mol. The molecular weight excluding hydrogens is 264 g/mol. The predicted molar refractivity (Wildman–Crippen MR) is 85.4 cm³/mol. The van der Waals surface area contributed by atoms with Crippen molar-refractivity contribution < 1.29 is 4.79 Å². The fraction of sp³-hybridized carbons (Fsp3) is 0.500. The van der Waals surface area contributed by atoms with E-state index in [2.05, 4.69) is 27.9 Å². The van der Waals surface area contributed by atoms with E-state index in [0.29, 0.717) is 12.1 Å². The van der Waals surface area contributed by atoms with Crippen molar-refractivity contribution in [1.29, 1.82) is 0 Å². The molecule has 0 spiro atoms. The zero-order valence-corrected chi connectivity index (χ0v) is 12.8. The highest BCUT2D eigenvalue weighted by Crippen LogP contribution is 2.27. The van der Waals surface area contributed by atoms with Gasteiger partial charge in [0.15, 0.2) is 5.96 Å². The number of nitrogens with one attached hydrogen (secondary N) is 3. The van der Waals surface area contributed by atoms with Crippen LogP contribution in [0.3, 0.4) is 0 Å². The first kappa shape index (κ1) is 15.4. The lowest BCUT2D eigenvalue weighted by molar-refractivity contribution is 0.0963. The molecule has 0 bridgehead atoms. The average Bonchev–Trinajstić information content (AvgIpc) is 3.34. The number of carbonyl (C=O) groups is 1. The van der Waals surface area contributed by atoms with Gasteiger partial charge in [0.1, 0.15) is 0 Å². The molecule has 1 aliphatic carbocycles. The second kappa shape index (κ2) is 7.67. The van der Waals surface area contributed by atoms with Crippen molar-refractivity contribution >= 4 is 11.9 Å². The van der Waals surface area contributed by atoms with E-state index in [1.807, 2.05) is 24.3 Å². The summed E-state index contributed by atoms with van der Waals surface area (Å²) in [7, 11) is 1.63. The van der Waals surface area contributed by atoms with E-state index in [-0.39, 0.29) is 5.91 Å². The zero-order valence-electron chi connectivity index (χ0n) is 12.8. The van der Waals surface area contributed by atoms with E-state index >= 15 is 0 Å². The number of guanidine groups is 1. The quantitative estimate of drug-likeness (QED) is 0.549. The number of benzene rings is 1. The van der Waals surface area contributed by atoms with Gasteiger partial charge in [0, 0.05) is 25.7 Å². The van der Waals surface area contributed by atoms with Crippen molar-refractivity contribution in [3.8, 4) is 0 Å². The second-order valence-corrected chi connectivity index (χ2v) is 5.30. The fourth-order valence-corrected chi connectivity index (χ4v) is 1.98. The lowest BCUT2D eigenvalue weighted by atomic mass is 10.1. The molecule has 0 aliphatic heterocycles. The third kappa shape index (κ3) is 5.10. The van der Waals surface area contributed by atoms with E-state index in [4.69, 9.17) is 0 Å². The highest BCUT2D eigenvalue weighted by Gasteiger charge is 2.20. The molecule has 0 heterocycles. The van der Waals surface area contributed by atoms with Crippen molar-refractivity contribution in [3.63, 3.8) is 0 Å². The Bertz CT molecular complexity index is 492. The minimum atomic E-state index is -0.0653. The summed E-state index contributed by atoms with van der Waals surface area (Å²) < 4.78 is 0. The van der Waals surface area contributed by atoms with Crippen LogP contribution in [0.25, 0.3) is 0 Å². The monoisotopic (exact) mass is 288 g/mol. The Kier molecular flexibility index (Phi) is 5.60. The summed E-state index contributed by atoms with van der Waals surface area (Å²) in [4.78, 5) is 16.0. The van der Waals surface area contributed by atoms with Gasteiger partial charge in [0.25, 0.3) is 5.91 Å². The van der Waals surface area contributed by atoms with Crippen LogP contribution in [-0.2, 0) is 6.54 Å². The predicted octanol–water partition coefficient (Wildman–Crippen LogP) is 1.51. The van der Waals surface area contributed by atoms with Crippen LogP contribution in [0.5, 0.6) is 0 Å². The third-order valence-electron chi connectivity index (χ3n) is 3.46. The number of aliphatic imine (C=N–C) groups is 1. The Morgan fingerprint density at radius 3 is 2.52 bits per heavy atom. The number of rotatable bonds is 6. The van der Waals surface area contributed by atoms with Crippen LogP contribution < -0.4 is 16.0 Å². The molecular formula is C16H24N4O. The van der Waals surface area contributed by atoms with Crippen LogP contribution in [0.15, 0.2) is 29.3 Å². The van der Waals surface area contributed by atoms with Crippen molar-refractivity contribution in [2.75, 3.05) is 20.1 Å². The first-order chi connectivity index (χ1) is 10.2. The second-order valence-electron chi connectivity index (χ2n) is 5.30. The topological polar surface area (TPSA) is 65.5 Å². The summed E-state index contributed by atoms with van der Waals surface area (Å²) in [5.74, 6) is 1.62. The first-order valence-corrected chi connectivity index (χ1v) is 7.56. The summed E-state index contributed by atoms with van der Waals surface area (Å²) in [6.07, 6.45) is 2.65. The van der Waals surface area contributed by atoms with E-state index in [9.17, 15) is 4.79 Å². The Hall–Kier alpha value is -2.04. The summed E-state index contributed by atoms with van der Waals surface area (Å²) >= 11 is 0. The Morgan fingerprint density at radius 1 is 1.24 bits per heavy atom. The van der Waals surface area contributed by atoms with E-state index in [0.717, 1.165) is 30.5 Å². The molecule has 0 radical (unpaired) electrons. The van der Waals surface area contributed by atoms with Crippen molar-refractivity contribution in [2.24, 2.45) is 10.9 Å². The highest BCUT2D eigenvalue weighted by atomic mass is 16.1. The Balaban J connectivity index is 1.90. The van der Waals surface area contributed by atoms with Gasteiger partial charge in [-0.1, -0.05) is 12.1 Å². The van der Waals surface area contributed by atoms with Gasteiger partial charge in [0.05, 0.1) is 6.54 Å². The van der Waals surface area contributed by atoms with Crippen molar-refractivity contribution in [1.82, 2.24) is 16.0 Å². The van der Waals surface area contributed by atoms with Crippen LogP contribution in [-0.4, -0.2) is 32.0 Å². The van der Waals surface area contributed by atoms with Crippen LogP contribution in [0.1, 0.15) is 35.7 Å². The standard InChI is InChI=1S/C16H24N4O/c1-3-18-16(19-10-12-4-5-12)20-11-13-6-8-14(9-7-13)15(21)17-2/h6-9,12H,3-5,10-11H2,1-2H3,(H,17,21)(H2,18,19,20). The number of nitrogens with zero attached hydrogens (tertiary/aromatic N) is 1. The normalized spacial score (nSPS) is 14.7. The van der Waals surface area contributed by atoms with Gasteiger partial charge in [-0.05, 0) is 43.4 Å². The fourth-order valence-electron chi connectivity index (χ4n) is 1.98. The largest absolute Gasteiger partial charge is 0.357 e. The van der Waals surface area contributed by atoms with Gasteiger partial charge < -0.3 is 16.0 Å². The van der Waals surface area contributed by atoms with Crippen LogP contribution in [0, 0.1) is 5.92 Å². The molecule has 21 heavy (non-hydrogen) atoms. The maximum Gasteiger partial charge on any atom is 0.251 e. The summed E-state index contributed by atoms with van der Waals surface area (Å²) in [6, 6.07) is 7.54. The molecule has 1 aliphatic rings. The molecule has 0 atom stereocenters. The smallest absolute Gasteiger partial charge is 0.251 e. The number of amides is 1. The molecule has 1 saturated carbocycles. The van der Waals surface area contributed by atoms with E-state index < -0.39 is 0 Å². The minimum Gasteiger partial charge on any atom is -0.357 e. The number of hydrogen-bond donors (Lipinski definition) is 3. The van der Waals surface area contributed by atoms with Gasteiger partial charge >= 0.3 is 0 Å². The van der Waals surface area contributed by atoms with E-state index in [1.165, 1.54) is 12.8 Å². The van der Waals surface area contributed by atoms with Crippen molar-refractivity contribution in [3.05, 3.63) is 35.4 Å². The molecule has 2 rings (SSSR count). The summed E-state index contributed by atoms with van der Waals surface area (Å²) in [6.45, 7) is 4.52. The Morgan fingerprint density at radius 2 is 1.95 bits per heavy atom. The van der Waals surface area contributed by atoms with Crippen LogP contribution in [0.4, 0.5) is 0 Å². The lowest BCUT2D eigenvalue weighted by Crippen LogP contribution is -2.38. The lowest BCUT2D eigenvalue weighted by Gasteiger charge is -2.10. The SMILES string of the molecule is CCNC(=NCc1ccc(C(=O)NC)cc1)NCC1CC1. The molecule has 0 unspecified atom stereocenters. The minimum absolute atomic E-state index is 0.0653. The van der Waals surface area contributed by atoms with E-state index in [1.54, 1.807) is 7.05 Å². The van der Waals surface area contributed by atoms with Gasteiger partial charge in [-0.2, -0.15) is 0 Å². The zero-order chi connectivity index (χ0) is 15.1. The van der Waals surface area contributed by atoms with Crippen LogP contribution >= 0.6 is 0 Å². The van der Waals surface area contributed by atoms with Crippen LogP contribution in [0.2, 0.25) is 0 Å². The molecule has 1 amide bonds. The Labute approximate surface area is 126 Å². The maximum absolute atomic E-state index is 11.5. The van der Waals surface area contributed by atoms with Gasteiger partial charge in [-0.3, -0.25) is 4.79 Å². The first-order valence-electron chi connectivity index (χ1n) is 7.56. The molecule has 1 aromatic rings. The number of hydrogen-bond acceptors (Lipinski definition) is 2. The third-order valence-corrected chi connectivity index (χ3v) is 3.46. The molecule has 5 nitrogen and oxygen atoms in total. The molecule has 5 heteroatoms. The highest BCUT2D eigenvalue weighted by molar-refractivity contribution is 5.93. The van der Waals surface area contributed by atoms with Gasteiger partial charge in [-0.25, -0.2) is 4.99 Å². The molecule has 0 saturated heterocycles.